The van der Waals surface area contributed by atoms with Gasteiger partial charge in [0.1, 0.15) is 5.78 Å². The molecule has 1 N–H and O–H groups in total. The zero-order chi connectivity index (χ0) is 13.7. The first-order chi connectivity index (χ1) is 8.40. The Bertz CT molecular complexity index is 421. The summed E-state index contributed by atoms with van der Waals surface area (Å²) >= 11 is 0. The van der Waals surface area contributed by atoms with Crippen molar-refractivity contribution < 1.29 is 9.59 Å². The highest BCUT2D eigenvalue weighted by Gasteiger charge is 2.21. The highest BCUT2D eigenvalue weighted by Crippen LogP contribution is 2.13. The largest absolute Gasteiger partial charge is 0.325 e. The van der Waals surface area contributed by atoms with Crippen LogP contribution in [-0.2, 0) is 9.59 Å². The maximum Gasteiger partial charge on any atom is 0.234 e. The van der Waals surface area contributed by atoms with Crippen molar-refractivity contribution in [2.45, 2.75) is 34.1 Å². The van der Waals surface area contributed by atoms with Gasteiger partial charge in [-0.3, -0.25) is 9.59 Å². The number of aryl methyl sites for hydroxylation is 1. The Hall–Kier alpha value is -1.64. The van der Waals surface area contributed by atoms with E-state index < -0.39 is 5.92 Å². The number of hydrogen-bond donors (Lipinski definition) is 1. The molecular weight excluding hydrogens is 226 g/mol. The van der Waals surface area contributed by atoms with Crippen LogP contribution < -0.4 is 5.32 Å². The van der Waals surface area contributed by atoms with Crippen LogP contribution in [0.1, 0.15) is 32.8 Å². The molecule has 1 aromatic carbocycles. The standard InChI is InChI=1S/C15H21NO2/c1-10(2)9-14(17)12(4)15(18)16-13-7-5-11(3)6-8-13/h5-8,10,12H,9H2,1-4H3,(H,16,18). The van der Waals surface area contributed by atoms with Gasteiger partial charge in [0.2, 0.25) is 5.91 Å². The summed E-state index contributed by atoms with van der Waals surface area (Å²) in [5.74, 6) is -0.542. The lowest BCUT2D eigenvalue weighted by Crippen LogP contribution is -2.28. The molecule has 0 aliphatic rings. The Morgan fingerprint density at radius 2 is 1.67 bits per heavy atom. The molecule has 3 nitrogen and oxygen atoms in total. The molecule has 0 heterocycles. The van der Waals surface area contributed by atoms with Crippen molar-refractivity contribution in [2.75, 3.05) is 5.32 Å². The summed E-state index contributed by atoms with van der Waals surface area (Å²) in [6, 6.07) is 7.53. The third-order valence-corrected chi connectivity index (χ3v) is 2.80. The van der Waals surface area contributed by atoms with Gasteiger partial charge in [0.15, 0.2) is 0 Å². The molecule has 18 heavy (non-hydrogen) atoms. The van der Waals surface area contributed by atoms with Crippen LogP contribution in [0, 0.1) is 18.8 Å². The summed E-state index contributed by atoms with van der Waals surface area (Å²) in [5, 5.41) is 2.76. The fourth-order valence-corrected chi connectivity index (χ4v) is 1.61. The van der Waals surface area contributed by atoms with E-state index in [0.717, 1.165) is 11.3 Å². The van der Waals surface area contributed by atoms with E-state index in [2.05, 4.69) is 5.32 Å². The maximum absolute atomic E-state index is 11.9. The van der Waals surface area contributed by atoms with E-state index in [1.807, 2.05) is 45.0 Å². The number of carbonyl (C=O) groups is 2. The number of benzene rings is 1. The molecule has 0 saturated heterocycles. The van der Waals surface area contributed by atoms with Crippen molar-refractivity contribution in [2.24, 2.45) is 11.8 Å². The first-order valence-electron chi connectivity index (χ1n) is 6.30. The van der Waals surface area contributed by atoms with E-state index in [0.29, 0.717) is 6.42 Å². The van der Waals surface area contributed by atoms with Gasteiger partial charge in [-0.05, 0) is 31.9 Å². The second kappa shape index (κ2) is 6.34. The van der Waals surface area contributed by atoms with Crippen molar-refractivity contribution in [1.29, 1.82) is 0 Å². The number of carbonyl (C=O) groups excluding carboxylic acids is 2. The van der Waals surface area contributed by atoms with Gasteiger partial charge < -0.3 is 5.32 Å². The molecular formula is C15H21NO2. The number of anilines is 1. The lowest BCUT2D eigenvalue weighted by Gasteiger charge is -2.12. The van der Waals surface area contributed by atoms with E-state index >= 15 is 0 Å². The molecule has 98 valence electrons. The summed E-state index contributed by atoms with van der Waals surface area (Å²) in [5.41, 5.74) is 1.87. The minimum absolute atomic E-state index is 0.00499. The van der Waals surface area contributed by atoms with Crippen LogP contribution in [0.2, 0.25) is 0 Å². The van der Waals surface area contributed by atoms with Crippen molar-refractivity contribution in [3.05, 3.63) is 29.8 Å². The van der Waals surface area contributed by atoms with E-state index in [1.165, 1.54) is 0 Å². The molecule has 0 bridgehead atoms. The fraction of sp³-hybridized carbons (Fsp3) is 0.467. The zero-order valence-electron chi connectivity index (χ0n) is 11.5. The normalized spacial score (nSPS) is 12.3. The van der Waals surface area contributed by atoms with Crippen LogP contribution in [0.5, 0.6) is 0 Å². The van der Waals surface area contributed by atoms with E-state index in [4.69, 9.17) is 0 Å². The van der Waals surface area contributed by atoms with Gasteiger partial charge >= 0.3 is 0 Å². The number of amides is 1. The molecule has 1 unspecified atom stereocenters. The molecule has 0 fully saturated rings. The van der Waals surface area contributed by atoms with Gasteiger partial charge in [-0.1, -0.05) is 31.5 Å². The number of Topliss-reactive ketones (excluding diaryl/α,β-unsaturated/α-hetero) is 1. The number of hydrogen-bond acceptors (Lipinski definition) is 2. The maximum atomic E-state index is 11.9. The molecule has 3 heteroatoms. The Morgan fingerprint density at radius 3 is 2.17 bits per heavy atom. The molecule has 1 rings (SSSR count). The van der Waals surface area contributed by atoms with Gasteiger partial charge in [-0.15, -0.1) is 0 Å². The van der Waals surface area contributed by atoms with Crippen LogP contribution in [0.4, 0.5) is 5.69 Å². The van der Waals surface area contributed by atoms with Crippen LogP contribution in [0.25, 0.3) is 0 Å². The fourth-order valence-electron chi connectivity index (χ4n) is 1.61. The Labute approximate surface area is 109 Å². The topological polar surface area (TPSA) is 46.2 Å². The van der Waals surface area contributed by atoms with Crippen molar-refractivity contribution in [3.63, 3.8) is 0 Å². The highest BCUT2D eigenvalue weighted by atomic mass is 16.2. The third kappa shape index (κ3) is 4.32. The molecule has 1 atom stereocenters. The van der Waals surface area contributed by atoms with E-state index in [9.17, 15) is 9.59 Å². The lowest BCUT2D eigenvalue weighted by molar-refractivity contribution is -0.130. The average molecular weight is 247 g/mol. The van der Waals surface area contributed by atoms with Crippen molar-refractivity contribution >= 4 is 17.4 Å². The van der Waals surface area contributed by atoms with E-state index in [1.54, 1.807) is 6.92 Å². The van der Waals surface area contributed by atoms with Crippen molar-refractivity contribution in [3.8, 4) is 0 Å². The van der Waals surface area contributed by atoms with Crippen LogP contribution >= 0.6 is 0 Å². The Kier molecular flexibility index (Phi) is 5.08. The van der Waals surface area contributed by atoms with Gasteiger partial charge in [-0.2, -0.15) is 0 Å². The monoisotopic (exact) mass is 247 g/mol. The van der Waals surface area contributed by atoms with Crippen molar-refractivity contribution in [1.82, 2.24) is 0 Å². The smallest absolute Gasteiger partial charge is 0.234 e. The quantitative estimate of drug-likeness (QED) is 0.812. The first-order valence-corrected chi connectivity index (χ1v) is 6.30. The summed E-state index contributed by atoms with van der Waals surface area (Å²) in [6.07, 6.45) is 0.447. The molecule has 0 radical (unpaired) electrons. The zero-order valence-corrected chi connectivity index (χ0v) is 11.5. The summed E-state index contributed by atoms with van der Waals surface area (Å²) in [6.45, 7) is 7.60. The summed E-state index contributed by atoms with van der Waals surface area (Å²) in [4.78, 5) is 23.7. The van der Waals surface area contributed by atoms with Gasteiger partial charge in [0, 0.05) is 12.1 Å². The molecule has 0 spiro atoms. The second-order valence-electron chi connectivity index (χ2n) is 5.14. The Balaban J connectivity index is 2.59. The number of nitrogens with one attached hydrogen (secondary N) is 1. The average Bonchev–Trinajstić information content (AvgIpc) is 2.30. The minimum Gasteiger partial charge on any atom is -0.325 e. The SMILES string of the molecule is Cc1ccc(NC(=O)C(C)C(=O)CC(C)C)cc1. The minimum atomic E-state index is -0.589. The van der Waals surface area contributed by atoms with Crippen LogP contribution in [0.3, 0.4) is 0 Å². The molecule has 0 aromatic heterocycles. The van der Waals surface area contributed by atoms with Crippen LogP contribution in [0.15, 0.2) is 24.3 Å². The predicted molar refractivity (Wildman–Crippen MR) is 73.4 cm³/mol. The molecule has 1 amide bonds. The summed E-state index contributed by atoms with van der Waals surface area (Å²) < 4.78 is 0. The van der Waals surface area contributed by atoms with Gasteiger partial charge in [-0.25, -0.2) is 0 Å². The summed E-state index contributed by atoms with van der Waals surface area (Å²) in [7, 11) is 0. The molecule has 0 saturated carbocycles. The van der Waals surface area contributed by atoms with Crippen LogP contribution in [-0.4, -0.2) is 11.7 Å². The number of ketones is 1. The number of rotatable bonds is 5. The molecule has 0 aliphatic carbocycles. The van der Waals surface area contributed by atoms with Gasteiger partial charge in [0.05, 0.1) is 5.92 Å². The van der Waals surface area contributed by atoms with Gasteiger partial charge in [0.25, 0.3) is 0 Å². The molecule has 0 aliphatic heterocycles. The lowest BCUT2D eigenvalue weighted by atomic mass is 9.97. The van der Waals surface area contributed by atoms with E-state index in [-0.39, 0.29) is 17.6 Å². The highest BCUT2D eigenvalue weighted by molar-refractivity contribution is 6.06. The molecule has 1 aromatic rings. The third-order valence-electron chi connectivity index (χ3n) is 2.80. The Morgan fingerprint density at radius 1 is 1.11 bits per heavy atom. The predicted octanol–water partition coefficient (Wildman–Crippen LogP) is 3.18. The second-order valence-corrected chi connectivity index (χ2v) is 5.14. The first kappa shape index (κ1) is 14.4.